The number of likely N-dealkylation sites (tertiary alicyclic amines) is 1. The van der Waals surface area contributed by atoms with Gasteiger partial charge in [0.2, 0.25) is 5.88 Å². The third-order valence-electron chi connectivity index (χ3n) is 3.05. The van der Waals surface area contributed by atoms with E-state index < -0.39 is 0 Å². The Bertz CT molecular complexity index is 391. The Morgan fingerprint density at radius 1 is 1.53 bits per heavy atom. The summed E-state index contributed by atoms with van der Waals surface area (Å²) in [5.74, 6) is 0.518. The van der Waals surface area contributed by atoms with Crippen LogP contribution in [0, 0.1) is 0 Å². The third kappa shape index (κ3) is 3.30. The predicted octanol–water partition coefficient (Wildman–Crippen LogP) is 2.76. The topological polar surface area (TPSA) is 38.2 Å². The van der Waals surface area contributed by atoms with E-state index in [2.05, 4.69) is 37.8 Å². The van der Waals surface area contributed by atoms with Crippen LogP contribution < -0.4 is 4.74 Å². The summed E-state index contributed by atoms with van der Waals surface area (Å²) < 4.78 is 6.33. The molecular weight excluding hydrogens is 305 g/mol. The first-order valence-electron chi connectivity index (χ1n) is 5.67. The molecular formula is C11H15BrClN3O. The van der Waals surface area contributed by atoms with E-state index >= 15 is 0 Å². The summed E-state index contributed by atoms with van der Waals surface area (Å²) in [6.45, 7) is 1.78. The lowest BCUT2D eigenvalue weighted by atomic mass is 10.0. The summed E-state index contributed by atoms with van der Waals surface area (Å²) in [5, 5.41) is 0.381. The van der Waals surface area contributed by atoms with Crippen molar-refractivity contribution in [3.8, 4) is 5.88 Å². The van der Waals surface area contributed by atoms with Crippen LogP contribution >= 0.6 is 27.5 Å². The zero-order valence-electron chi connectivity index (χ0n) is 9.70. The van der Waals surface area contributed by atoms with Gasteiger partial charge in [-0.1, -0.05) is 18.0 Å². The van der Waals surface area contributed by atoms with E-state index in [4.69, 9.17) is 16.3 Å². The van der Waals surface area contributed by atoms with Crippen LogP contribution in [0.25, 0.3) is 0 Å². The van der Waals surface area contributed by atoms with Crippen molar-refractivity contribution in [1.82, 2.24) is 14.9 Å². The van der Waals surface area contributed by atoms with Gasteiger partial charge in [0, 0.05) is 6.04 Å². The first-order chi connectivity index (χ1) is 8.18. The zero-order valence-corrected chi connectivity index (χ0v) is 12.0. The average molecular weight is 321 g/mol. The first kappa shape index (κ1) is 13.1. The zero-order chi connectivity index (χ0) is 12.3. The molecule has 0 bridgehead atoms. The van der Waals surface area contributed by atoms with E-state index in [1.54, 1.807) is 0 Å². The molecule has 1 unspecified atom stereocenters. The van der Waals surface area contributed by atoms with Crippen molar-refractivity contribution in [3.05, 3.63) is 16.0 Å². The molecule has 2 rings (SSSR count). The van der Waals surface area contributed by atoms with E-state index in [0.29, 0.717) is 28.2 Å². The number of aromatic nitrogens is 2. The highest BCUT2D eigenvalue weighted by molar-refractivity contribution is 9.10. The maximum Gasteiger partial charge on any atom is 0.232 e. The highest BCUT2D eigenvalue weighted by atomic mass is 79.9. The van der Waals surface area contributed by atoms with Crippen molar-refractivity contribution < 1.29 is 4.74 Å². The molecule has 6 heteroatoms. The van der Waals surface area contributed by atoms with Crippen LogP contribution in [0.5, 0.6) is 5.88 Å². The van der Waals surface area contributed by atoms with Crippen LogP contribution in [0.1, 0.15) is 19.3 Å². The summed E-state index contributed by atoms with van der Waals surface area (Å²) in [4.78, 5) is 10.3. The van der Waals surface area contributed by atoms with Gasteiger partial charge < -0.3 is 9.64 Å². The molecule has 17 heavy (non-hydrogen) atoms. The first-order valence-corrected chi connectivity index (χ1v) is 6.84. The van der Waals surface area contributed by atoms with Crippen LogP contribution in [-0.4, -0.2) is 41.1 Å². The second-order valence-corrected chi connectivity index (χ2v) is 5.38. The third-order valence-corrected chi connectivity index (χ3v) is 4.28. The summed E-state index contributed by atoms with van der Waals surface area (Å²) >= 11 is 9.20. The molecule has 1 fully saturated rings. The van der Waals surface area contributed by atoms with Gasteiger partial charge in [-0.25, -0.2) is 9.97 Å². The van der Waals surface area contributed by atoms with Crippen molar-refractivity contribution in [2.75, 3.05) is 20.2 Å². The van der Waals surface area contributed by atoms with E-state index in [1.807, 2.05) is 0 Å². The smallest absolute Gasteiger partial charge is 0.232 e. The summed E-state index contributed by atoms with van der Waals surface area (Å²) in [6.07, 6.45) is 5.13. The molecule has 0 radical (unpaired) electrons. The fourth-order valence-corrected chi connectivity index (χ4v) is 2.41. The number of nitrogens with zero attached hydrogens (tertiary/aromatic N) is 3. The highest BCUT2D eigenvalue weighted by Crippen LogP contribution is 2.28. The van der Waals surface area contributed by atoms with Crippen LogP contribution in [0.2, 0.25) is 5.15 Å². The van der Waals surface area contributed by atoms with Gasteiger partial charge in [0.25, 0.3) is 0 Å². The SMILES string of the molecule is CN1CCCCC1COc1ncnc(Cl)c1Br. The average Bonchev–Trinajstić information content (AvgIpc) is 2.33. The van der Waals surface area contributed by atoms with E-state index in [1.165, 1.54) is 25.6 Å². The monoisotopic (exact) mass is 319 g/mol. The maximum atomic E-state index is 5.88. The lowest BCUT2D eigenvalue weighted by molar-refractivity contribution is 0.122. The van der Waals surface area contributed by atoms with Gasteiger partial charge in [0.1, 0.15) is 17.4 Å². The molecule has 1 aromatic heterocycles. The van der Waals surface area contributed by atoms with Crippen LogP contribution in [0.15, 0.2) is 10.8 Å². The lowest BCUT2D eigenvalue weighted by Gasteiger charge is -2.32. The van der Waals surface area contributed by atoms with Crippen molar-refractivity contribution in [2.24, 2.45) is 0 Å². The van der Waals surface area contributed by atoms with Gasteiger partial charge in [-0.2, -0.15) is 0 Å². The lowest BCUT2D eigenvalue weighted by Crippen LogP contribution is -2.40. The molecule has 0 saturated carbocycles. The number of hydrogen-bond acceptors (Lipinski definition) is 4. The molecule has 0 spiro atoms. The molecule has 94 valence electrons. The Morgan fingerprint density at radius 3 is 3.12 bits per heavy atom. The predicted molar refractivity (Wildman–Crippen MR) is 70.5 cm³/mol. The molecule has 0 amide bonds. The quantitative estimate of drug-likeness (QED) is 0.803. The normalized spacial score (nSPS) is 21.5. The molecule has 4 nitrogen and oxygen atoms in total. The van der Waals surface area contributed by atoms with E-state index in [9.17, 15) is 0 Å². The molecule has 0 aliphatic carbocycles. The fraction of sp³-hybridized carbons (Fsp3) is 0.636. The van der Waals surface area contributed by atoms with Crippen molar-refractivity contribution in [2.45, 2.75) is 25.3 Å². The Balaban J connectivity index is 1.95. The van der Waals surface area contributed by atoms with Gasteiger partial charge in [-0.15, -0.1) is 0 Å². The number of piperidine rings is 1. The second kappa shape index (κ2) is 5.98. The summed E-state index contributed by atoms with van der Waals surface area (Å²) in [7, 11) is 2.13. The highest BCUT2D eigenvalue weighted by Gasteiger charge is 2.20. The second-order valence-electron chi connectivity index (χ2n) is 4.22. The number of rotatable bonds is 3. The fourth-order valence-electron chi connectivity index (χ4n) is 1.96. The maximum absolute atomic E-state index is 5.88. The van der Waals surface area contributed by atoms with Gasteiger partial charge >= 0.3 is 0 Å². The Kier molecular flexibility index (Phi) is 4.59. The molecule has 1 aliphatic rings. The van der Waals surface area contributed by atoms with Gasteiger partial charge in [-0.05, 0) is 42.4 Å². The van der Waals surface area contributed by atoms with E-state index in [-0.39, 0.29) is 0 Å². The molecule has 1 saturated heterocycles. The van der Waals surface area contributed by atoms with Gasteiger partial charge in [0.15, 0.2) is 5.15 Å². The largest absolute Gasteiger partial charge is 0.475 e. The Labute approximate surface area is 114 Å². The molecule has 1 aromatic rings. The van der Waals surface area contributed by atoms with E-state index in [0.717, 1.165) is 6.54 Å². The van der Waals surface area contributed by atoms with Gasteiger partial charge in [-0.3, -0.25) is 0 Å². The molecule has 0 aromatic carbocycles. The molecule has 2 heterocycles. The summed E-state index contributed by atoms with van der Waals surface area (Å²) in [6, 6.07) is 0.462. The number of ether oxygens (including phenoxy) is 1. The molecule has 1 atom stereocenters. The van der Waals surface area contributed by atoms with Crippen molar-refractivity contribution in [1.29, 1.82) is 0 Å². The van der Waals surface area contributed by atoms with Crippen LogP contribution in [0.4, 0.5) is 0 Å². The molecule has 0 N–H and O–H groups in total. The van der Waals surface area contributed by atoms with Crippen LogP contribution in [-0.2, 0) is 0 Å². The Morgan fingerprint density at radius 2 is 2.35 bits per heavy atom. The minimum absolute atomic E-state index is 0.381. The number of halogens is 2. The molecule has 1 aliphatic heterocycles. The summed E-state index contributed by atoms with van der Waals surface area (Å²) in [5.41, 5.74) is 0. The van der Waals surface area contributed by atoms with Crippen LogP contribution in [0.3, 0.4) is 0 Å². The Hall–Kier alpha value is -0.390. The van der Waals surface area contributed by atoms with Crippen molar-refractivity contribution >= 4 is 27.5 Å². The standard InChI is InChI=1S/C11H15BrClN3O/c1-16-5-3-2-4-8(16)6-17-11-9(12)10(13)14-7-15-11/h7-8H,2-6H2,1H3. The minimum atomic E-state index is 0.381. The van der Waals surface area contributed by atoms with Gasteiger partial charge in [0.05, 0.1) is 0 Å². The minimum Gasteiger partial charge on any atom is -0.475 e. The van der Waals surface area contributed by atoms with Crippen molar-refractivity contribution in [3.63, 3.8) is 0 Å². The number of hydrogen-bond donors (Lipinski definition) is 0. The number of likely N-dealkylation sites (N-methyl/N-ethyl adjacent to an activating group) is 1.